The van der Waals surface area contributed by atoms with Gasteiger partial charge in [0, 0.05) is 0 Å². The molecule has 0 heterocycles. The van der Waals surface area contributed by atoms with E-state index >= 15 is 0 Å². The molecule has 1 aromatic rings. The number of para-hydroxylation sites is 1. The molecule has 1 aromatic carbocycles. The highest BCUT2D eigenvalue weighted by molar-refractivity contribution is 5.76. The largest absolute Gasteiger partial charge is 0.493 e. The van der Waals surface area contributed by atoms with Gasteiger partial charge in [-0.2, -0.15) is 0 Å². The molecule has 1 amide bonds. The molecule has 4 heteroatoms. The summed E-state index contributed by atoms with van der Waals surface area (Å²) in [6.45, 7) is 4.36. The number of benzene rings is 1. The van der Waals surface area contributed by atoms with Gasteiger partial charge >= 0.3 is 0 Å². The summed E-state index contributed by atoms with van der Waals surface area (Å²) in [5, 5.41) is 12.8. The van der Waals surface area contributed by atoms with Crippen molar-refractivity contribution in [2.45, 2.75) is 58.1 Å². The topological polar surface area (TPSA) is 58.6 Å². The van der Waals surface area contributed by atoms with Gasteiger partial charge in [-0.25, -0.2) is 0 Å². The summed E-state index contributed by atoms with van der Waals surface area (Å²) in [6, 6.07) is 5.91. The molecule has 0 aliphatic heterocycles. The Morgan fingerprint density at radius 1 is 1.29 bits per heavy atom. The monoisotopic (exact) mass is 291 g/mol. The van der Waals surface area contributed by atoms with E-state index in [1.807, 2.05) is 32.0 Å². The van der Waals surface area contributed by atoms with Crippen LogP contribution >= 0.6 is 0 Å². The Morgan fingerprint density at radius 2 is 1.95 bits per heavy atom. The van der Waals surface area contributed by atoms with Crippen molar-refractivity contribution in [1.29, 1.82) is 0 Å². The van der Waals surface area contributed by atoms with Gasteiger partial charge in [-0.1, -0.05) is 31.0 Å². The van der Waals surface area contributed by atoms with Crippen molar-refractivity contribution in [3.05, 3.63) is 29.3 Å². The van der Waals surface area contributed by atoms with Gasteiger partial charge in [0.1, 0.15) is 5.75 Å². The summed E-state index contributed by atoms with van der Waals surface area (Å²) < 4.78 is 5.73. The highest BCUT2D eigenvalue weighted by Gasteiger charge is 2.24. The maximum absolute atomic E-state index is 11.9. The highest BCUT2D eigenvalue weighted by atomic mass is 16.5. The van der Waals surface area contributed by atoms with Crippen LogP contribution in [-0.2, 0) is 4.79 Å². The van der Waals surface area contributed by atoms with Gasteiger partial charge in [0.05, 0.1) is 25.2 Å². The lowest BCUT2D eigenvalue weighted by Crippen LogP contribution is -2.45. The maximum Gasteiger partial charge on any atom is 0.223 e. The molecule has 2 rings (SSSR count). The van der Waals surface area contributed by atoms with E-state index in [0.717, 1.165) is 42.6 Å². The number of nitrogens with one attached hydrogen (secondary N) is 1. The van der Waals surface area contributed by atoms with Crippen molar-refractivity contribution in [2.75, 3.05) is 6.61 Å². The second kappa shape index (κ2) is 7.46. The average Bonchev–Trinajstić information content (AvgIpc) is 2.45. The Kier molecular flexibility index (Phi) is 5.62. The van der Waals surface area contributed by atoms with E-state index in [-0.39, 0.29) is 11.9 Å². The first-order chi connectivity index (χ1) is 10.1. The van der Waals surface area contributed by atoms with Crippen LogP contribution < -0.4 is 10.1 Å². The molecule has 0 saturated heterocycles. The predicted octanol–water partition coefficient (Wildman–Crippen LogP) is 2.49. The van der Waals surface area contributed by atoms with Crippen molar-refractivity contribution in [3.8, 4) is 5.75 Å². The first kappa shape index (κ1) is 15.8. The Labute approximate surface area is 126 Å². The molecule has 116 valence electrons. The molecule has 21 heavy (non-hydrogen) atoms. The third kappa shape index (κ3) is 4.46. The van der Waals surface area contributed by atoms with Crippen LogP contribution in [0.25, 0.3) is 0 Å². The summed E-state index contributed by atoms with van der Waals surface area (Å²) in [4.78, 5) is 11.9. The van der Waals surface area contributed by atoms with Crippen LogP contribution in [0.3, 0.4) is 0 Å². The molecular formula is C17H25NO3. The van der Waals surface area contributed by atoms with E-state index in [1.165, 1.54) is 0 Å². The predicted molar refractivity (Wildman–Crippen MR) is 82.4 cm³/mol. The van der Waals surface area contributed by atoms with Crippen molar-refractivity contribution < 1.29 is 14.6 Å². The molecule has 1 aliphatic rings. The fourth-order valence-corrected chi connectivity index (χ4v) is 2.83. The number of amides is 1. The minimum absolute atomic E-state index is 0.0489. The lowest BCUT2D eigenvalue weighted by molar-refractivity contribution is -0.123. The molecule has 1 fully saturated rings. The van der Waals surface area contributed by atoms with Crippen LogP contribution in [0.1, 0.15) is 43.2 Å². The number of aliphatic hydroxyl groups excluding tert-OH is 1. The zero-order chi connectivity index (χ0) is 15.2. The maximum atomic E-state index is 11.9. The lowest BCUT2D eigenvalue weighted by atomic mass is 9.92. The third-order valence-corrected chi connectivity index (χ3v) is 4.06. The number of carbonyl (C=O) groups excluding carboxylic acids is 1. The summed E-state index contributed by atoms with van der Waals surface area (Å²) in [5.41, 5.74) is 2.16. The van der Waals surface area contributed by atoms with Crippen molar-refractivity contribution in [3.63, 3.8) is 0 Å². The van der Waals surface area contributed by atoms with Gasteiger partial charge in [0.25, 0.3) is 0 Å². The van der Waals surface area contributed by atoms with Crippen LogP contribution in [0, 0.1) is 13.8 Å². The Morgan fingerprint density at radius 3 is 2.62 bits per heavy atom. The normalized spacial score (nSPS) is 21.9. The SMILES string of the molecule is Cc1cccc(C)c1OCCC(=O)NC1CCCCC1O. The van der Waals surface area contributed by atoms with Crippen LogP contribution in [0.5, 0.6) is 5.75 Å². The molecular weight excluding hydrogens is 266 g/mol. The second-order valence-electron chi connectivity index (χ2n) is 5.85. The average molecular weight is 291 g/mol. The molecule has 0 aromatic heterocycles. The van der Waals surface area contributed by atoms with Crippen molar-refractivity contribution in [2.24, 2.45) is 0 Å². The van der Waals surface area contributed by atoms with Crippen LogP contribution in [0.2, 0.25) is 0 Å². The number of carbonyl (C=O) groups is 1. The summed E-state index contributed by atoms with van der Waals surface area (Å²) in [6.07, 6.45) is 3.68. The number of rotatable bonds is 5. The van der Waals surface area contributed by atoms with Gasteiger partial charge in [-0.05, 0) is 37.8 Å². The first-order valence-corrected chi connectivity index (χ1v) is 7.74. The molecule has 2 atom stereocenters. The van der Waals surface area contributed by atoms with Gasteiger partial charge in [0.2, 0.25) is 5.91 Å². The van der Waals surface area contributed by atoms with E-state index in [2.05, 4.69) is 5.32 Å². The fourth-order valence-electron chi connectivity index (χ4n) is 2.83. The number of aliphatic hydroxyl groups is 1. The molecule has 0 radical (unpaired) electrons. The van der Waals surface area contributed by atoms with E-state index in [9.17, 15) is 9.90 Å². The van der Waals surface area contributed by atoms with E-state index in [1.54, 1.807) is 0 Å². The minimum atomic E-state index is -0.401. The van der Waals surface area contributed by atoms with Gasteiger partial charge in [0.15, 0.2) is 0 Å². The van der Waals surface area contributed by atoms with Crippen molar-refractivity contribution >= 4 is 5.91 Å². The molecule has 1 saturated carbocycles. The number of ether oxygens (including phenoxy) is 1. The van der Waals surface area contributed by atoms with E-state index in [0.29, 0.717) is 13.0 Å². The third-order valence-electron chi connectivity index (χ3n) is 4.06. The zero-order valence-corrected chi connectivity index (χ0v) is 12.9. The number of hydrogen-bond acceptors (Lipinski definition) is 3. The molecule has 2 N–H and O–H groups in total. The summed E-state index contributed by atoms with van der Waals surface area (Å²) in [5.74, 6) is 0.815. The minimum Gasteiger partial charge on any atom is -0.493 e. The van der Waals surface area contributed by atoms with Gasteiger partial charge in [-0.15, -0.1) is 0 Å². The Hall–Kier alpha value is -1.55. The Bertz CT molecular complexity index is 467. The summed E-state index contributed by atoms with van der Waals surface area (Å²) in [7, 11) is 0. The van der Waals surface area contributed by atoms with Crippen molar-refractivity contribution in [1.82, 2.24) is 5.32 Å². The number of aryl methyl sites for hydroxylation is 2. The molecule has 2 unspecified atom stereocenters. The van der Waals surface area contributed by atoms with Crippen LogP contribution in [0.15, 0.2) is 18.2 Å². The lowest BCUT2D eigenvalue weighted by Gasteiger charge is -2.28. The standard InChI is InChI=1S/C17H25NO3/c1-12-6-5-7-13(2)17(12)21-11-10-16(20)18-14-8-3-4-9-15(14)19/h5-7,14-15,19H,3-4,8-11H2,1-2H3,(H,18,20). The molecule has 1 aliphatic carbocycles. The number of hydrogen-bond donors (Lipinski definition) is 2. The van der Waals surface area contributed by atoms with Gasteiger partial charge < -0.3 is 15.2 Å². The molecule has 0 bridgehead atoms. The molecule has 4 nitrogen and oxygen atoms in total. The first-order valence-electron chi connectivity index (χ1n) is 7.74. The second-order valence-corrected chi connectivity index (χ2v) is 5.85. The highest BCUT2D eigenvalue weighted by Crippen LogP contribution is 2.22. The van der Waals surface area contributed by atoms with E-state index < -0.39 is 6.10 Å². The summed E-state index contributed by atoms with van der Waals surface area (Å²) >= 11 is 0. The smallest absolute Gasteiger partial charge is 0.223 e. The fraction of sp³-hybridized carbons (Fsp3) is 0.588. The van der Waals surface area contributed by atoms with Crippen LogP contribution in [-0.4, -0.2) is 29.8 Å². The Balaban J connectivity index is 1.76. The quantitative estimate of drug-likeness (QED) is 0.876. The van der Waals surface area contributed by atoms with E-state index in [4.69, 9.17) is 4.74 Å². The van der Waals surface area contributed by atoms with Crippen LogP contribution in [0.4, 0.5) is 0 Å². The molecule has 0 spiro atoms. The van der Waals surface area contributed by atoms with Gasteiger partial charge in [-0.3, -0.25) is 4.79 Å². The zero-order valence-electron chi connectivity index (χ0n) is 12.9.